The first kappa shape index (κ1) is 10.1. The predicted octanol–water partition coefficient (Wildman–Crippen LogP) is -0.456. The Bertz CT molecular complexity index is 328. The van der Waals surface area contributed by atoms with Crippen LogP contribution in [-0.4, -0.2) is 50.1 Å². The van der Waals surface area contributed by atoms with Gasteiger partial charge in [-0.25, -0.2) is 0 Å². The maximum atomic E-state index is 11.4. The number of carboxylic acids is 1. The van der Waals surface area contributed by atoms with Crippen LogP contribution in [0.15, 0.2) is 0 Å². The van der Waals surface area contributed by atoms with E-state index >= 15 is 0 Å². The van der Waals surface area contributed by atoms with Gasteiger partial charge < -0.3 is 19.1 Å². The van der Waals surface area contributed by atoms with Gasteiger partial charge >= 0.3 is 5.97 Å². The van der Waals surface area contributed by atoms with Crippen LogP contribution >= 0.6 is 0 Å². The van der Waals surface area contributed by atoms with Crippen molar-refractivity contribution in [3.8, 4) is 0 Å². The van der Waals surface area contributed by atoms with Crippen molar-refractivity contribution >= 4 is 11.9 Å². The van der Waals surface area contributed by atoms with Crippen molar-refractivity contribution in [1.29, 1.82) is 0 Å². The molecule has 0 rings (SSSR count). The van der Waals surface area contributed by atoms with Gasteiger partial charge in [0.05, 0.1) is 25.2 Å². The number of carboxylic acid groups (broad SMARTS) is 1. The number of rotatable bonds is 7. The molecule has 0 spiro atoms. The van der Waals surface area contributed by atoms with E-state index in [-0.39, 0.29) is 13.0 Å². The van der Waals surface area contributed by atoms with Gasteiger partial charge in [-0.05, 0) is 6.42 Å². The third-order valence-electron chi connectivity index (χ3n) is 1.81. The van der Waals surface area contributed by atoms with Crippen molar-refractivity contribution in [2.24, 2.45) is 0 Å². The van der Waals surface area contributed by atoms with E-state index in [1.807, 2.05) is 0 Å². The quantitative estimate of drug-likeness (QED) is 0.442. The number of aliphatic carboxylic acids is 1. The normalized spacial score (nSPS) is 16.8. The highest BCUT2D eigenvalue weighted by Crippen LogP contribution is 2.06. The molecule has 0 aliphatic carbocycles. The van der Waals surface area contributed by atoms with E-state index in [2.05, 4.69) is 0 Å². The van der Waals surface area contributed by atoms with E-state index in [1.54, 1.807) is 6.92 Å². The highest BCUT2D eigenvalue weighted by molar-refractivity contribution is 5.70. The lowest BCUT2D eigenvalue weighted by molar-refractivity contribution is -0.873. The Hall–Kier alpha value is -1.10. The van der Waals surface area contributed by atoms with E-state index in [4.69, 9.17) is 8.85 Å². The zero-order chi connectivity index (χ0) is 15.3. The molecule has 5 heteroatoms. The van der Waals surface area contributed by atoms with Gasteiger partial charge in [-0.2, -0.15) is 0 Å². The van der Waals surface area contributed by atoms with E-state index in [0.29, 0.717) is 6.42 Å². The third-order valence-corrected chi connectivity index (χ3v) is 1.81. The van der Waals surface area contributed by atoms with Gasteiger partial charge in [0.2, 0.25) is 0 Å². The smallest absolute Gasteiger partial charge is 0.306 e. The fourth-order valence-electron chi connectivity index (χ4n) is 1.29. The van der Waals surface area contributed by atoms with Gasteiger partial charge in [0.25, 0.3) is 0 Å². The zero-order valence-electron chi connectivity index (χ0n) is 13.0. The number of carbonyl (C=O) groups is 2. The SMILES string of the molecule is [2H]C([2H])([2H])[N+](C)(C)C[C@@H](CC(=O)[O-])OC(=O)CCC. The largest absolute Gasteiger partial charge is 0.550 e. The topological polar surface area (TPSA) is 66.4 Å². The van der Waals surface area contributed by atoms with Gasteiger partial charge in [-0.15, -0.1) is 0 Å². The van der Waals surface area contributed by atoms with Crippen LogP contribution in [0, 0.1) is 0 Å². The van der Waals surface area contributed by atoms with Crippen LogP contribution in [-0.2, 0) is 14.3 Å². The fraction of sp³-hybridized carbons (Fsp3) is 0.818. The molecule has 0 unspecified atom stereocenters. The fourth-order valence-corrected chi connectivity index (χ4v) is 1.29. The molecule has 0 bridgehead atoms. The van der Waals surface area contributed by atoms with Gasteiger partial charge in [-0.3, -0.25) is 4.79 Å². The summed E-state index contributed by atoms with van der Waals surface area (Å²) >= 11 is 0. The average molecular weight is 234 g/mol. The molecule has 0 aliphatic rings. The van der Waals surface area contributed by atoms with Crippen LogP contribution in [0.1, 0.15) is 30.3 Å². The van der Waals surface area contributed by atoms with Gasteiger partial charge in [0.15, 0.2) is 6.10 Å². The molecule has 16 heavy (non-hydrogen) atoms. The summed E-state index contributed by atoms with van der Waals surface area (Å²) in [4.78, 5) is 22.0. The summed E-state index contributed by atoms with van der Waals surface area (Å²) in [7, 11) is 2.87. The number of hydrogen-bond donors (Lipinski definition) is 0. The van der Waals surface area contributed by atoms with Gasteiger partial charge in [-0.1, -0.05) is 6.92 Å². The lowest BCUT2D eigenvalue weighted by Gasteiger charge is -2.29. The Balaban J connectivity index is 4.77. The molecule has 0 saturated carbocycles. The summed E-state index contributed by atoms with van der Waals surface area (Å²) in [6.07, 6.45) is -0.758. The van der Waals surface area contributed by atoms with Crippen LogP contribution in [0.25, 0.3) is 0 Å². The Morgan fingerprint density at radius 2 is 2.12 bits per heavy atom. The Morgan fingerprint density at radius 1 is 1.50 bits per heavy atom. The summed E-state index contributed by atoms with van der Waals surface area (Å²) in [6, 6.07) is 0. The first-order valence-electron chi connectivity index (χ1n) is 6.72. The van der Waals surface area contributed by atoms with Crippen molar-refractivity contribution in [3.05, 3.63) is 0 Å². The lowest BCUT2D eigenvalue weighted by atomic mass is 10.2. The number of ether oxygens (including phenoxy) is 1. The van der Waals surface area contributed by atoms with Crippen molar-refractivity contribution < 1.29 is 28.0 Å². The molecule has 94 valence electrons. The van der Waals surface area contributed by atoms with Crippen LogP contribution < -0.4 is 5.11 Å². The standard InChI is InChI=1S/C11H21NO4/c1-5-6-11(15)16-9(7-10(13)14)8-12(2,3)4/h9H,5-8H2,1-4H3/t9-/m1/s1/i2D3. The van der Waals surface area contributed by atoms with Crippen LogP contribution in [0.5, 0.6) is 0 Å². The van der Waals surface area contributed by atoms with Crippen molar-refractivity contribution in [2.45, 2.75) is 32.3 Å². The Kier molecular flexibility index (Phi) is 4.08. The number of carbonyl (C=O) groups excluding carboxylic acids is 2. The molecular formula is C11H21NO4. The average Bonchev–Trinajstić information content (AvgIpc) is 2.13. The molecule has 0 aromatic carbocycles. The molecule has 0 aromatic rings. The molecule has 1 atom stereocenters. The minimum Gasteiger partial charge on any atom is -0.550 e. The molecule has 0 aromatic heterocycles. The first-order valence-corrected chi connectivity index (χ1v) is 5.22. The number of quaternary nitrogens is 1. The number of likely N-dealkylation sites (N-methyl/N-ethyl adjacent to an activating group) is 1. The molecular weight excluding hydrogens is 210 g/mol. The Labute approximate surface area is 101 Å². The van der Waals surface area contributed by atoms with E-state index in [1.165, 1.54) is 14.1 Å². The minimum atomic E-state index is -2.32. The Morgan fingerprint density at radius 3 is 2.56 bits per heavy atom. The molecule has 0 radical (unpaired) electrons. The van der Waals surface area contributed by atoms with E-state index < -0.39 is 35.9 Å². The van der Waals surface area contributed by atoms with Crippen molar-refractivity contribution in [2.75, 3.05) is 27.6 Å². The lowest BCUT2D eigenvalue weighted by Crippen LogP contribution is -2.45. The van der Waals surface area contributed by atoms with Gasteiger partial charge in [0, 0.05) is 18.8 Å². The number of hydrogen-bond acceptors (Lipinski definition) is 4. The molecule has 0 aliphatic heterocycles. The molecule has 0 amide bonds. The highest BCUT2D eigenvalue weighted by Gasteiger charge is 2.21. The van der Waals surface area contributed by atoms with Crippen LogP contribution in [0.4, 0.5) is 0 Å². The second kappa shape index (κ2) is 6.48. The van der Waals surface area contributed by atoms with E-state index in [9.17, 15) is 14.7 Å². The molecule has 0 heterocycles. The van der Waals surface area contributed by atoms with Gasteiger partial charge in [0.1, 0.15) is 6.54 Å². The summed E-state index contributed by atoms with van der Waals surface area (Å²) in [5.74, 6) is -1.90. The molecule has 0 saturated heterocycles. The summed E-state index contributed by atoms with van der Waals surface area (Å²) in [5.41, 5.74) is 0. The van der Waals surface area contributed by atoms with E-state index in [0.717, 1.165) is 0 Å². The molecule has 5 nitrogen and oxygen atoms in total. The van der Waals surface area contributed by atoms with Crippen LogP contribution in [0.3, 0.4) is 0 Å². The third kappa shape index (κ3) is 8.23. The predicted molar refractivity (Wildman–Crippen MR) is 57.3 cm³/mol. The minimum absolute atomic E-state index is 0.111. The second-order valence-corrected chi connectivity index (χ2v) is 4.31. The number of nitrogens with zero attached hydrogens (tertiary/aromatic N) is 1. The summed E-state index contributed by atoms with van der Waals surface area (Å²) in [6.45, 7) is -0.640. The van der Waals surface area contributed by atoms with Crippen molar-refractivity contribution in [3.63, 3.8) is 0 Å². The maximum Gasteiger partial charge on any atom is 0.306 e. The highest BCUT2D eigenvalue weighted by atomic mass is 16.5. The first-order chi connectivity index (χ1) is 8.49. The second-order valence-electron chi connectivity index (χ2n) is 4.31. The summed E-state index contributed by atoms with van der Waals surface area (Å²) in [5, 5.41) is 10.6. The van der Waals surface area contributed by atoms with Crippen LogP contribution in [0.2, 0.25) is 0 Å². The maximum absolute atomic E-state index is 11.4. The molecule has 0 fully saturated rings. The summed E-state index contributed by atoms with van der Waals surface area (Å²) < 4.78 is 26.7. The monoisotopic (exact) mass is 234 g/mol. The van der Waals surface area contributed by atoms with Crippen molar-refractivity contribution in [1.82, 2.24) is 0 Å². The zero-order valence-corrected chi connectivity index (χ0v) is 9.99. The molecule has 0 N–H and O–H groups in total. The number of esters is 1.